The van der Waals surface area contributed by atoms with Gasteiger partial charge in [-0.25, -0.2) is 0 Å². The molecule has 1 fully saturated rings. The molecule has 6 atom stereocenters. The number of aliphatic hydroxyl groups excluding tert-OH is 4. The van der Waals surface area contributed by atoms with E-state index in [1.807, 2.05) is 0 Å². The van der Waals surface area contributed by atoms with Gasteiger partial charge >= 0.3 is 5.97 Å². The van der Waals surface area contributed by atoms with Crippen molar-refractivity contribution in [1.82, 2.24) is 0 Å². The van der Waals surface area contributed by atoms with Crippen LogP contribution in [0.5, 0.6) is 0 Å². The van der Waals surface area contributed by atoms with Crippen molar-refractivity contribution in [3.8, 4) is 0 Å². The van der Waals surface area contributed by atoms with Crippen LogP contribution in [0.2, 0.25) is 0 Å². The fourth-order valence-corrected chi connectivity index (χ4v) is 9.38. The third kappa shape index (κ3) is 44.7. The fraction of sp³-hybridized carbons (Fsp3) is 0.800. The molecule has 1 saturated heterocycles. The van der Waals surface area contributed by atoms with E-state index < -0.39 is 43.4 Å². The van der Waals surface area contributed by atoms with Crippen LogP contribution in [0, 0.1) is 0 Å². The van der Waals surface area contributed by atoms with Crippen molar-refractivity contribution in [2.24, 2.45) is 0 Å². The first-order chi connectivity index (χ1) is 36.4. The summed E-state index contributed by atoms with van der Waals surface area (Å²) in [6, 6.07) is 0. The Morgan fingerprint density at radius 1 is 0.446 bits per heavy atom. The molecule has 6 unspecified atom stereocenters. The van der Waals surface area contributed by atoms with Gasteiger partial charge in [-0.2, -0.15) is 0 Å². The second-order valence-corrected chi connectivity index (χ2v) is 21.1. The Bertz CT molecular complexity index is 1370. The summed E-state index contributed by atoms with van der Waals surface area (Å²) < 4.78 is 23.0. The summed E-state index contributed by atoms with van der Waals surface area (Å²) in [6.07, 6.45) is 68.2. The molecule has 0 amide bonds. The molecule has 0 spiro atoms. The number of esters is 1. The molecule has 0 saturated carbocycles. The predicted molar refractivity (Wildman–Crippen MR) is 311 cm³/mol. The number of rotatable bonds is 54. The Hall–Kier alpha value is -2.37. The summed E-state index contributed by atoms with van der Waals surface area (Å²) in [5.74, 6) is -0.314. The second-order valence-electron chi connectivity index (χ2n) is 21.1. The zero-order valence-corrected chi connectivity index (χ0v) is 47.8. The summed E-state index contributed by atoms with van der Waals surface area (Å²) >= 11 is 0. The average Bonchev–Trinajstić information content (AvgIpc) is 3.40. The quantitative estimate of drug-likeness (QED) is 0.0267. The highest BCUT2D eigenvalue weighted by atomic mass is 16.7. The van der Waals surface area contributed by atoms with Crippen molar-refractivity contribution in [3.05, 3.63) is 72.9 Å². The van der Waals surface area contributed by atoms with Gasteiger partial charge in [0.2, 0.25) is 0 Å². The molecule has 1 rings (SSSR count). The normalized spacial score (nSPS) is 19.0. The maximum absolute atomic E-state index is 12.9. The lowest BCUT2D eigenvalue weighted by molar-refractivity contribution is -0.305. The Kier molecular flexibility index (Phi) is 52.1. The summed E-state index contributed by atoms with van der Waals surface area (Å²) in [7, 11) is 0. The van der Waals surface area contributed by atoms with Crippen LogP contribution in [0.25, 0.3) is 0 Å². The van der Waals surface area contributed by atoms with Crippen molar-refractivity contribution in [1.29, 1.82) is 0 Å². The maximum Gasteiger partial charge on any atom is 0.306 e. The van der Waals surface area contributed by atoms with Gasteiger partial charge in [0.25, 0.3) is 0 Å². The SMILES string of the molecule is CC/C=C\C/C=C\C/C=C\C/C=C\C/C=C\C/C=C\CCCCCCCCCOCC(COC1OC(CO)C(O)C(O)C1O)OC(=O)CCCCCCCCCCCCCCCCCCCCCCCCCCC. The van der Waals surface area contributed by atoms with Gasteiger partial charge < -0.3 is 39.4 Å². The van der Waals surface area contributed by atoms with Gasteiger partial charge in [0, 0.05) is 13.0 Å². The molecular formula is C65H116O9. The molecule has 0 radical (unpaired) electrons. The van der Waals surface area contributed by atoms with E-state index in [0.29, 0.717) is 13.0 Å². The number of aliphatic hydroxyl groups is 4. The lowest BCUT2D eigenvalue weighted by Gasteiger charge is -2.39. The molecule has 74 heavy (non-hydrogen) atoms. The minimum atomic E-state index is -1.54. The molecule has 430 valence electrons. The highest BCUT2D eigenvalue weighted by Gasteiger charge is 2.44. The zero-order valence-electron chi connectivity index (χ0n) is 47.8. The number of allylic oxidation sites excluding steroid dienone is 12. The molecule has 0 aromatic carbocycles. The Balaban J connectivity index is 2.14. The molecule has 1 aliphatic rings. The first-order valence-electron chi connectivity index (χ1n) is 31.0. The average molecular weight is 1040 g/mol. The monoisotopic (exact) mass is 1040 g/mol. The third-order valence-electron chi connectivity index (χ3n) is 14.1. The molecule has 0 aromatic rings. The lowest BCUT2D eigenvalue weighted by Crippen LogP contribution is -2.59. The molecule has 1 aliphatic heterocycles. The summed E-state index contributed by atoms with van der Waals surface area (Å²) in [4.78, 5) is 12.9. The van der Waals surface area contributed by atoms with Crippen molar-refractivity contribution in [2.75, 3.05) is 26.4 Å². The number of carbonyl (C=O) groups excluding carboxylic acids is 1. The van der Waals surface area contributed by atoms with Crippen molar-refractivity contribution >= 4 is 5.97 Å². The fourth-order valence-electron chi connectivity index (χ4n) is 9.38. The van der Waals surface area contributed by atoms with Crippen LogP contribution in [0.15, 0.2) is 72.9 Å². The molecule has 4 N–H and O–H groups in total. The highest BCUT2D eigenvalue weighted by Crippen LogP contribution is 2.23. The number of hydrogen-bond acceptors (Lipinski definition) is 9. The molecule has 9 nitrogen and oxygen atoms in total. The Morgan fingerprint density at radius 2 is 0.824 bits per heavy atom. The van der Waals surface area contributed by atoms with E-state index in [1.54, 1.807) is 0 Å². The molecule has 0 aromatic heterocycles. The van der Waals surface area contributed by atoms with Gasteiger partial charge in [-0.15, -0.1) is 0 Å². The van der Waals surface area contributed by atoms with E-state index in [0.717, 1.165) is 83.5 Å². The van der Waals surface area contributed by atoms with Crippen molar-refractivity contribution in [2.45, 2.75) is 307 Å². The highest BCUT2D eigenvalue weighted by molar-refractivity contribution is 5.69. The van der Waals surface area contributed by atoms with E-state index in [9.17, 15) is 25.2 Å². The van der Waals surface area contributed by atoms with Crippen LogP contribution in [-0.2, 0) is 23.7 Å². The van der Waals surface area contributed by atoms with Gasteiger partial charge in [-0.05, 0) is 64.2 Å². The number of unbranched alkanes of at least 4 members (excludes halogenated alkanes) is 31. The van der Waals surface area contributed by atoms with Crippen LogP contribution in [0.1, 0.15) is 271 Å². The van der Waals surface area contributed by atoms with Crippen LogP contribution in [0.3, 0.4) is 0 Å². The molecule has 9 heteroatoms. The zero-order chi connectivity index (χ0) is 53.5. The van der Waals surface area contributed by atoms with Gasteiger partial charge in [0.05, 0.1) is 19.8 Å². The molecular weight excluding hydrogens is 925 g/mol. The second kappa shape index (κ2) is 55.4. The van der Waals surface area contributed by atoms with E-state index in [2.05, 4.69) is 86.8 Å². The number of ether oxygens (including phenoxy) is 4. The van der Waals surface area contributed by atoms with Gasteiger partial charge in [0.1, 0.15) is 30.5 Å². The third-order valence-corrected chi connectivity index (χ3v) is 14.1. The van der Waals surface area contributed by atoms with Crippen molar-refractivity contribution < 1.29 is 44.2 Å². The molecule has 0 aliphatic carbocycles. The minimum absolute atomic E-state index is 0.119. The molecule has 1 heterocycles. The summed E-state index contributed by atoms with van der Waals surface area (Å²) in [5, 5.41) is 40.4. The van der Waals surface area contributed by atoms with Gasteiger partial charge in [-0.3, -0.25) is 4.79 Å². The minimum Gasteiger partial charge on any atom is -0.457 e. The molecule has 0 bridgehead atoms. The van der Waals surface area contributed by atoms with Gasteiger partial charge in [0.15, 0.2) is 6.29 Å². The Labute approximate surface area is 455 Å². The lowest BCUT2D eigenvalue weighted by atomic mass is 9.99. The van der Waals surface area contributed by atoms with Crippen LogP contribution >= 0.6 is 0 Å². The van der Waals surface area contributed by atoms with E-state index in [-0.39, 0.29) is 19.2 Å². The largest absolute Gasteiger partial charge is 0.457 e. The van der Waals surface area contributed by atoms with Gasteiger partial charge in [-0.1, -0.05) is 273 Å². The van der Waals surface area contributed by atoms with Crippen LogP contribution in [-0.4, -0.2) is 89.6 Å². The first kappa shape index (κ1) is 69.6. The first-order valence-corrected chi connectivity index (χ1v) is 31.0. The maximum atomic E-state index is 12.9. The van der Waals surface area contributed by atoms with Crippen LogP contribution < -0.4 is 0 Å². The number of carbonyl (C=O) groups is 1. The van der Waals surface area contributed by atoms with E-state index in [4.69, 9.17) is 18.9 Å². The number of hydrogen-bond donors (Lipinski definition) is 4. The Morgan fingerprint density at radius 3 is 1.24 bits per heavy atom. The predicted octanol–water partition coefficient (Wildman–Crippen LogP) is 16.7. The summed E-state index contributed by atoms with van der Waals surface area (Å²) in [6.45, 7) is 4.46. The van der Waals surface area contributed by atoms with Crippen molar-refractivity contribution in [3.63, 3.8) is 0 Å². The van der Waals surface area contributed by atoms with E-state index >= 15 is 0 Å². The van der Waals surface area contributed by atoms with Crippen LogP contribution in [0.4, 0.5) is 0 Å². The topological polar surface area (TPSA) is 135 Å². The smallest absolute Gasteiger partial charge is 0.306 e. The standard InChI is InChI=1S/C65H116O9/c1-3-5-7-9-11-13-15-17-19-21-23-25-27-29-31-33-35-37-39-41-43-45-47-49-51-53-55-71-57-59(58-72-65-64(70)63(69)62(68)60(56-66)74-65)73-61(67)54-52-50-48-46-44-42-40-38-36-34-32-30-28-26-24-22-20-18-16-14-12-10-8-6-4-2/h5,7,11,13,17,19,23,25,29,31,35,37,59-60,62-66,68-70H,3-4,6,8-10,12,14-16,18,20-22,24,26-28,30,32-34,36,38-58H2,1-2H3/b7-5-,13-11-,19-17-,25-23-,31-29-,37-35-. The summed E-state index contributed by atoms with van der Waals surface area (Å²) in [5.41, 5.74) is 0. The van der Waals surface area contributed by atoms with E-state index in [1.165, 1.54) is 167 Å².